The minimum absolute atomic E-state index is 1.14. The fourth-order valence-electron chi connectivity index (χ4n) is 1.55. The van der Waals surface area contributed by atoms with Gasteiger partial charge >= 0.3 is 0 Å². The van der Waals surface area contributed by atoms with Crippen molar-refractivity contribution in [2.45, 2.75) is 0 Å². The van der Waals surface area contributed by atoms with E-state index in [0.717, 1.165) is 4.47 Å². The van der Waals surface area contributed by atoms with Gasteiger partial charge in [0.15, 0.2) is 0 Å². The average Bonchev–Trinajstić information content (AvgIpc) is 2.41. The average molecular weight is 285 g/mol. The van der Waals surface area contributed by atoms with Crippen molar-refractivity contribution < 1.29 is 0 Å². The normalized spacial score (nSPS) is 9.47. The first-order chi connectivity index (χ1) is 8.36. The fourth-order valence-corrected chi connectivity index (χ4v) is 1.92. The Balaban J connectivity index is 0.000000153. The standard InChI is InChI=1S/C10H7Br.C6H6/c11-10-6-5-8-3-1-2-4-9(8)7-10;1-2-4-6-5-3-1/h1-7H;1-6H. The minimum Gasteiger partial charge on any atom is -0.0623 e. The molecule has 0 nitrogen and oxygen atoms in total. The second-order valence-electron chi connectivity index (χ2n) is 3.65. The lowest BCUT2D eigenvalue weighted by molar-refractivity contribution is 1.70. The van der Waals surface area contributed by atoms with Crippen molar-refractivity contribution in [1.29, 1.82) is 0 Å². The molecule has 0 aliphatic carbocycles. The lowest BCUT2D eigenvalue weighted by atomic mass is 10.1. The van der Waals surface area contributed by atoms with Crippen LogP contribution in [0.2, 0.25) is 0 Å². The van der Waals surface area contributed by atoms with Crippen LogP contribution in [0.25, 0.3) is 10.8 Å². The van der Waals surface area contributed by atoms with Crippen LogP contribution in [-0.2, 0) is 0 Å². The summed E-state index contributed by atoms with van der Waals surface area (Å²) < 4.78 is 1.14. The molecule has 0 spiro atoms. The topological polar surface area (TPSA) is 0 Å². The maximum absolute atomic E-state index is 3.43. The van der Waals surface area contributed by atoms with Crippen LogP contribution in [0.4, 0.5) is 0 Å². The molecule has 0 saturated heterocycles. The van der Waals surface area contributed by atoms with Crippen LogP contribution in [0.3, 0.4) is 0 Å². The quantitative estimate of drug-likeness (QED) is 0.526. The van der Waals surface area contributed by atoms with Crippen LogP contribution in [0, 0.1) is 0 Å². The monoisotopic (exact) mass is 284 g/mol. The van der Waals surface area contributed by atoms with Gasteiger partial charge in [-0.15, -0.1) is 0 Å². The van der Waals surface area contributed by atoms with Gasteiger partial charge in [0.05, 0.1) is 0 Å². The first-order valence-electron chi connectivity index (χ1n) is 5.50. The molecule has 17 heavy (non-hydrogen) atoms. The molecule has 0 fully saturated rings. The van der Waals surface area contributed by atoms with Crippen LogP contribution in [0.1, 0.15) is 0 Å². The van der Waals surface area contributed by atoms with Gasteiger partial charge in [-0.05, 0) is 22.9 Å². The molecule has 0 radical (unpaired) electrons. The number of fused-ring (bicyclic) bond motifs is 1. The van der Waals surface area contributed by atoms with Crippen LogP contribution < -0.4 is 0 Å². The zero-order valence-corrected chi connectivity index (χ0v) is 11.0. The van der Waals surface area contributed by atoms with Gasteiger partial charge in [0.25, 0.3) is 0 Å². The van der Waals surface area contributed by atoms with Crippen LogP contribution in [-0.4, -0.2) is 0 Å². The highest BCUT2D eigenvalue weighted by Crippen LogP contribution is 2.18. The van der Waals surface area contributed by atoms with E-state index in [0.29, 0.717) is 0 Å². The summed E-state index contributed by atoms with van der Waals surface area (Å²) in [5.41, 5.74) is 0. The van der Waals surface area contributed by atoms with E-state index >= 15 is 0 Å². The Labute approximate surface area is 110 Å². The van der Waals surface area contributed by atoms with Crippen LogP contribution in [0.5, 0.6) is 0 Å². The smallest absolute Gasteiger partial charge is 0.0181 e. The van der Waals surface area contributed by atoms with Gasteiger partial charge in [0.1, 0.15) is 0 Å². The predicted octanol–water partition coefficient (Wildman–Crippen LogP) is 5.29. The Bertz CT molecular complexity index is 546. The molecule has 0 N–H and O–H groups in total. The molecule has 3 rings (SSSR count). The second kappa shape index (κ2) is 6.21. The third-order valence-corrected chi connectivity index (χ3v) is 2.87. The number of halogens is 1. The highest BCUT2D eigenvalue weighted by Gasteiger charge is 1.90. The van der Waals surface area contributed by atoms with Crippen molar-refractivity contribution in [3.05, 3.63) is 83.3 Å². The SMILES string of the molecule is Brc1ccc2ccccc2c1.c1ccccc1. The molecule has 0 saturated carbocycles. The van der Waals surface area contributed by atoms with E-state index in [-0.39, 0.29) is 0 Å². The summed E-state index contributed by atoms with van der Waals surface area (Å²) in [5.74, 6) is 0. The molecule has 0 aliphatic heterocycles. The molecule has 0 atom stereocenters. The maximum Gasteiger partial charge on any atom is 0.0181 e. The third kappa shape index (κ3) is 3.72. The Morgan fingerprint density at radius 1 is 0.529 bits per heavy atom. The summed E-state index contributed by atoms with van der Waals surface area (Å²) in [6, 6.07) is 26.6. The van der Waals surface area contributed by atoms with E-state index in [2.05, 4.69) is 58.4 Å². The summed E-state index contributed by atoms with van der Waals surface area (Å²) >= 11 is 3.43. The summed E-state index contributed by atoms with van der Waals surface area (Å²) in [5, 5.41) is 2.57. The van der Waals surface area contributed by atoms with Crippen LogP contribution >= 0.6 is 15.9 Å². The van der Waals surface area contributed by atoms with E-state index in [1.54, 1.807) is 0 Å². The molecule has 0 unspecified atom stereocenters. The largest absolute Gasteiger partial charge is 0.0623 e. The van der Waals surface area contributed by atoms with Gasteiger partial charge in [-0.1, -0.05) is 82.7 Å². The number of benzene rings is 3. The first-order valence-corrected chi connectivity index (χ1v) is 6.30. The number of hydrogen-bond donors (Lipinski definition) is 0. The van der Waals surface area contributed by atoms with Crippen molar-refractivity contribution in [2.24, 2.45) is 0 Å². The molecule has 0 heterocycles. The molecule has 84 valence electrons. The lowest BCUT2D eigenvalue weighted by Gasteiger charge is -1.95. The van der Waals surface area contributed by atoms with Crippen molar-refractivity contribution in [3.63, 3.8) is 0 Å². The molecule has 3 aromatic rings. The van der Waals surface area contributed by atoms with Gasteiger partial charge in [-0.3, -0.25) is 0 Å². The van der Waals surface area contributed by atoms with Gasteiger partial charge in [-0.25, -0.2) is 0 Å². The van der Waals surface area contributed by atoms with Crippen molar-refractivity contribution in [2.75, 3.05) is 0 Å². The first kappa shape index (κ1) is 11.9. The van der Waals surface area contributed by atoms with Crippen molar-refractivity contribution in [3.8, 4) is 0 Å². The Morgan fingerprint density at radius 3 is 1.65 bits per heavy atom. The highest BCUT2D eigenvalue weighted by molar-refractivity contribution is 9.10. The zero-order chi connectivity index (χ0) is 11.9. The summed E-state index contributed by atoms with van der Waals surface area (Å²) in [7, 11) is 0. The summed E-state index contributed by atoms with van der Waals surface area (Å²) in [6.07, 6.45) is 0. The van der Waals surface area contributed by atoms with E-state index in [1.165, 1.54) is 10.8 Å². The van der Waals surface area contributed by atoms with Crippen molar-refractivity contribution >= 4 is 26.7 Å². The molecular formula is C16H13Br. The Morgan fingerprint density at radius 2 is 1.06 bits per heavy atom. The Kier molecular flexibility index (Phi) is 4.34. The molecule has 1 heteroatoms. The third-order valence-electron chi connectivity index (χ3n) is 2.38. The molecule has 0 bridgehead atoms. The molecular weight excluding hydrogens is 272 g/mol. The molecule has 0 amide bonds. The van der Waals surface area contributed by atoms with Gasteiger partial charge in [0, 0.05) is 4.47 Å². The number of rotatable bonds is 0. The van der Waals surface area contributed by atoms with Gasteiger partial charge < -0.3 is 0 Å². The van der Waals surface area contributed by atoms with E-state index < -0.39 is 0 Å². The lowest BCUT2D eigenvalue weighted by Crippen LogP contribution is -1.69. The second-order valence-corrected chi connectivity index (χ2v) is 4.56. The minimum atomic E-state index is 1.14. The van der Waals surface area contributed by atoms with Gasteiger partial charge in [0.2, 0.25) is 0 Å². The predicted molar refractivity (Wildman–Crippen MR) is 78.1 cm³/mol. The summed E-state index contributed by atoms with van der Waals surface area (Å²) in [6.45, 7) is 0. The Hall–Kier alpha value is -1.60. The fraction of sp³-hybridized carbons (Fsp3) is 0. The number of hydrogen-bond acceptors (Lipinski definition) is 0. The van der Waals surface area contributed by atoms with E-state index in [1.807, 2.05) is 36.4 Å². The molecule has 0 aliphatic rings. The van der Waals surface area contributed by atoms with E-state index in [9.17, 15) is 0 Å². The zero-order valence-electron chi connectivity index (χ0n) is 9.38. The molecule has 3 aromatic carbocycles. The van der Waals surface area contributed by atoms with Crippen molar-refractivity contribution in [1.82, 2.24) is 0 Å². The summed E-state index contributed by atoms with van der Waals surface area (Å²) in [4.78, 5) is 0. The highest BCUT2D eigenvalue weighted by atomic mass is 79.9. The van der Waals surface area contributed by atoms with Crippen LogP contribution in [0.15, 0.2) is 83.3 Å². The molecule has 0 aromatic heterocycles. The maximum atomic E-state index is 3.43. The van der Waals surface area contributed by atoms with Gasteiger partial charge in [-0.2, -0.15) is 0 Å². The van der Waals surface area contributed by atoms with E-state index in [4.69, 9.17) is 0 Å².